The van der Waals surface area contributed by atoms with E-state index in [1.807, 2.05) is 6.92 Å². The summed E-state index contributed by atoms with van der Waals surface area (Å²) in [5.41, 5.74) is 8.20. The number of aryl methyl sites for hydroxylation is 1. The molecule has 2 aliphatic heterocycles. The van der Waals surface area contributed by atoms with Crippen LogP contribution in [-0.2, 0) is 7.05 Å². The molecule has 0 radical (unpaired) electrons. The Bertz CT molecular complexity index is 1540. The highest BCUT2D eigenvalue weighted by Gasteiger charge is 2.46. The first-order valence-electron chi connectivity index (χ1n) is 11.4. The zero-order valence-corrected chi connectivity index (χ0v) is 19.3. The number of nitrogens with two attached hydrogens (primary N) is 1. The normalized spacial score (nSPS) is 21.4. The van der Waals surface area contributed by atoms with Crippen LogP contribution >= 0.6 is 0 Å². The molecule has 3 aromatic heterocycles. The number of rotatable bonds is 2. The number of alkyl halides is 3. The van der Waals surface area contributed by atoms with Crippen molar-refractivity contribution in [1.29, 1.82) is 0 Å². The number of anilines is 1. The van der Waals surface area contributed by atoms with E-state index in [-0.39, 0.29) is 35.2 Å². The van der Waals surface area contributed by atoms with Crippen LogP contribution in [-0.4, -0.2) is 49.1 Å². The highest BCUT2D eigenvalue weighted by atomic mass is 19.4. The first-order valence-corrected chi connectivity index (χ1v) is 11.4. The van der Waals surface area contributed by atoms with E-state index in [9.17, 15) is 18.0 Å². The van der Waals surface area contributed by atoms with Crippen molar-refractivity contribution in [3.63, 3.8) is 0 Å². The van der Waals surface area contributed by atoms with Crippen LogP contribution in [0.25, 0.3) is 21.8 Å². The third kappa shape index (κ3) is 3.47. The number of nitrogen functional groups attached to an aromatic ring is 1. The van der Waals surface area contributed by atoms with Gasteiger partial charge in [-0.2, -0.15) is 5.10 Å². The van der Waals surface area contributed by atoms with Crippen LogP contribution in [0.15, 0.2) is 36.7 Å². The first-order chi connectivity index (χ1) is 17.1. The Morgan fingerprint density at radius 1 is 1.19 bits per heavy atom. The van der Waals surface area contributed by atoms with Crippen LogP contribution in [0.4, 0.5) is 19.0 Å². The molecule has 1 saturated heterocycles. The molecule has 0 bridgehead atoms. The number of aromatic nitrogens is 4. The monoisotopic (exact) mass is 498 g/mol. The van der Waals surface area contributed by atoms with E-state index in [0.29, 0.717) is 40.5 Å². The molecule has 2 aliphatic rings. The van der Waals surface area contributed by atoms with E-state index in [2.05, 4.69) is 19.8 Å². The van der Waals surface area contributed by atoms with Gasteiger partial charge in [0.1, 0.15) is 29.1 Å². The molecule has 12 heteroatoms. The lowest BCUT2D eigenvalue weighted by atomic mass is 9.90. The maximum atomic E-state index is 13.9. The molecule has 2 N–H and O–H groups in total. The number of carbonyl (C=O) groups excluding carboxylic acids is 1. The summed E-state index contributed by atoms with van der Waals surface area (Å²) in [6.07, 6.45) is -0.728. The number of ether oxygens (including phenoxy) is 2. The summed E-state index contributed by atoms with van der Waals surface area (Å²) in [6, 6.07) is 5.07. The van der Waals surface area contributed by atoms with Crippen molar-refractivity contribution in [1.82, 2.24) is 24.6 Å². The molecule has 0 unspecified atom stereocenters. The van der Waals surface area contributed by atoms with Gasteiger partial charge in [-0.05, 0) is 38.0 Å². The Hall–Kier alpha value is -4.09. The third-order valence-electron chi connectivity index (χ3n) is 6.86. The number of hydrogen-bond acceptors (Lipinski definition) is 7. The molecule has 36 heavy (non-hydrogen) atoms. The molecule has 1 amide bonds. The molecule has 0 saturated carbocycles. The molecule has 0 aliphatic carbocycles. The minimum absolute atomic E-state index is 0.141. The van der Waals surface area contributed by atoms with Gasteiger partial charge in [0.25, 0.3) is 5.91 Å². The number of pyridine rings is 2. The molecule has 6 rings (SSSR count). The second-order valence-electron chi connectivity index (χ2n) is 9.10. The van der Waals surface area contributed by atoms with E-state index >= 15 is 0 Å². The predicted octanol–water partition coefficient (Wildman–Crippen LogP) is 4.12. The van der Waals surface area contributed by atoms with E-state index in [1.165, 1.54) is 24.4 Å². The van der Waals surface area contributed by atoms with Crippen molar-refractivity contribution in [3.05, 3.63) is 47.9 Å². The molecule has 4 aromatic rings. The summed E-state index contributed by atoms with van der Waals surface area (Å²) in [6.45, 7) is 1.94. The van der Waals surface area contributed by atoms with Gasteiger partial charge >= 0.3 is 6.36 Å². The van der Waals surface area contributed by atoms with Gasteiger partial charge in [0, 0.05) is 30.1 Å². The van der Waals surface area contributed by atoms with Crippen LogP contribution < -0.4 is 15.2 Å². The van der Waals surface area contributed by atoms with Gasteiger partial charge in [-0.15, -0.1) is 13.2 Å². The summed E-state index contributed by atoms with van der Waals surface area (Å²) in [5, 5.41) is 5.63. The fourth-order valence-electron chi connectivity index (χ4n) is 5.29. The number of benzene rings is 1. The van der Waals surface area contributed by atoms with Gasteiger partial charge in [-0.25, -0.2) is 9.97 Å². The molecular formula is C24H21F3N6O3. The zero-order chi connectivity index (χ0) is 25.4. The zero-order valence-electron chi connectivity index (χ0n) is 19.3. The maximum absolute atomic E-state index is 13.9. The van der Waals surface area contributed by atoms with Crippen LogP contribution in [0.1, 0.15) is 41.9 Å². The van der Waals surface area contributed by atoms with Crippen LogP contribution in [0.5, 0.6) is 11.5 Å². The molecule has 186 valence electrons. The van der Waals surface area contributed by atoms with Gasteiger partial charge in [-0.1, -0.05) is 0 Å². The third-order valence-corrected chi connectivity index (χ3v) is 6.86. The van der Waals surface area contributed by atoms with Crippen molar-refractivity contribution in [2.75, 3.05) is 5.73 Å². The summed E-state index contributed by atoms with van der Waals surface area (Å²) in [7, 11) is 1.78. The van der Waals surface area contributed by atoms with Crippen molar-refractivity contribution in [3.8, 4) is 11.5 Å². The van der Waals surface area contributed by atoms with Crippen LogP contribution in [0, 0.1) is 0 Å². The first kappa shape index (κ1) is 22.4. The lowest BCUT2D eigenvalue weighted by Gasteiger charge is -2.41. The average molecular weight is 498 g/mol. The molecule has 5 heterocycles. The van der Waals surface area contributed by atoms with Gasteiger partial charge in [0.15, 0.2) is 0 Å². The van der Waals surface area contributed by atoms with Crippen molar-refractivity contribution in [2.45, 2.75) is 44.3 Å². The van der Waals surface area contributed by atoms with E-state index in [1.54, 1.807) is 28.9 Å². The second-order valence-corrected chi connectivity index (χ2v) is 9.10. The number of carbonyl (C=O) groups is 1. The van der Waals surface area contributed by atoms with Crippen molar-refractivity contribution < 1.29 is 27.4 Å². The largest absolute Gasteiger partial charge is 0.573 e. The number of hydrogen-bond donors (Lipinski definition) is 1. The highest BCUT2D eigenvalue weighted by Crippen LogP contribution is 2.48. The van der Waals surface area contributed by atoms with Crippen molar-refractivity contribution >= 4 is 33.5 Å². The minimum Gasteiger partial charge on any atom is -0.487 e. The number of amides is 1. The summed E-state index contributed by atoms with van der Waals surface area (Å²) < 4.78 is 49.8. The van der Waals surface area contributed by atoms with Gasteiger partial charge < -0.3 is 20.1 Å². The standard InChI is InChI=1S/C24H21F3N6O3/c1-11-3-6-18-21(13-5-4-12(7-19(13)35-18)36-24(25,26)27)33(11)23(34)16-8-14-17(10-29-16)31-22(28)15-9-30-32(2)20(14)15/h4-5,7-11,18,21H,3,6H2,1-2H3,(H2,28,31)/t11-,18+,21+/m1/s1. The summed E-state index contributed by atoms with van der Waals surface area (Å²) in [5.74, 6) is -0.0683. The molecule has 0 spiro atoms. The topological polar surface area (TPSA) is 108 Å². The number of likely N-dealkylation sites (tertiary alicyclic amines) is 1. The molecule has 1 aromatic carbocycles. The van der Waals surface area contributed by atoms with E-state index in [0.717, 1.165) is 5.52 Å². The molecular weight excluding hydrogens is 477 g/mol. The fraction of sp³-hybridized carbons (Fsp3) is 0.333. The van der Waals surface area contributed by atoms with Gasteiger partial charge in [-0.3, -0.25) is 9.48 Å². The Kier molecular flexibility index (Phi) is 4.79. The minimum atomic E-state index is -4.81. The smallest absolute Gasteiger partial charge is 0.487 e. The second kappa shape index (κ2) is 7.70. The van der Waals surface area contributed by atoms with Crippen molar-refractivity contribution in [2.24, 2.45) is 7.05 Å². The quantitative estimate of drug-likeness (QED) is 0.443. The highest BCUT2D eigenvalue weighted by molar-refractivity contribution is 6.09. The Morgan fingerprint density at radius 2 is 2.00 bits per heavy atom. The fourth-order valence-corrected chi connectivity index (χ4v) is 5.29. The average Bonchev–Trinajstić information content (AvgIpc) is 3.38. The van der Waals surface area contributed by atoms with Gasteiger partial charge in [0.2, 0.25) is 0 Å². The molecule has 1 fully saturated rings. The Balaban J connectivity index is 1.40. The number of halogens is 3. The predicted molar refractivity (Wildman–Crippen MR) is 123 cm³/mol. The lowest BCUT2D eigenvalue weighted by Crippen LogP contribution is -2.49. The Labute approximate surface area is 202 Å². The Morgan fingerprint density at radius 3 is 2.78 bits per heavy atom. The molecule has 9 nitrogen and oxygen atoms in total. The lowest BCUT2D eigenvalue weighted by molar-refractivity contribution is -0.274. The number of fused-ring (bicyclic) bond motifs is 6. The number of piperidine rings is 1. The van der Waals surface area contributed by atoms with Crippen LogP contribution in [0.3, 0.4) is 0 Å². The maximum Gasteiger partial charge on any atom is 0.573 e. The molecule has 3 atom stereocenters. The number of nitrogens with zero attached hydrogens (tertiary/aromatic N) is 5. The van der Waals surface area contributed by atoms with Gasteiger partial charge in [0.05, 0.1) is 34.9 Å². The van der Waals surface area contributed by atoms with E-state index in [4.69, 9.17) is 10.5 Å². The SMILES string of the molecule is C[C@@H]1CC[C@@H]2Oc3cc(OC(F)(F)F)ccc3[C@@H]2N1C(=O)c1cc2c(cn1)nc(N)c1cnn(C)c12. The summed E-state index contributed by atoms with van der Waals surface area (Å²) in [4.78, 5) is 24.3. The summed E-state index contributed by atoms with van der Waals surface area (Å²) >= 11 is 0. The van der Waals surface area contributed by atoms with E-state index < -0.39 is 12.4 Å². The van der Waals surface area contributed by atoms with Crippen LogP contribution in [0.2, 0.25) is 0 Å².